The van der Waals surface area contributed by atoms with Gasteiger partial charge in [0.2, 0.25) is 0 Å². The van der Waals surface area contributed by atoms with Crippen molar-refractivity contribution in [3.05, 3.63) is 51.7 Å². The molecular weight excluding hydrogens is 284 g/mol. The van der Waals surface area contributed by atoms with E-state index < -0.39 is 0 Å². The summed E-state index contributed by atoms with van der Waals surface area (Å²) < 4.78 is 2.37. The SMILES string of the molecule is NCCCn1c(-c2cccc3[nH]ccc23)cc(=O)[nH]c1=S. The van der Waals surface area contributed by atoms with Crippen molar-refractivity contribution in [2.45, 2.75) is 13.0 Å². The molecule has 3 aromatic rings. The molecule has 0 amide bonds. The first kappa shape index (κ1) is 13.8. The monoisotopic (exact) mass is 300 g/mol. The minimum absolute atomic E-state index is 0.188. The molecular formula is C15H16N4OS. The Bertz CT molecular complexity index is 890. The van der Waals surface area contributed by atoms with E-state index in [1.165, 1.54) is 0 Å². The van der Waals surface area contributed by atoms with Crippen LogP contribution in [0.25, 0.3) is 22.2 Å². The van der Waals surface area contributed by atoms with Crippen molar-refractivity contribution >= 4 is 23.1 Å². The lowest BCUT2D eigenvalue weighted by molar-refractivity contribution is 0.631. The highest BCUT2D eigenvalue weighted by atomic mass is 32.1. The zero-order valence-corrected chi connectivity index (χ0v) is 12.2. The first-order valence-electron chi connectivity index (χ1n) is 6.81. The van der Waals surface area contributed by atoms with E-state index in [2.05, 4.69) is 9.97 Å². The van der Waals surface area contributed by atoms with Crippen LogP contribution in [0, 0.1) is 4.77 Å². The highest BCUT2D eigenvalue weighted by molar-refractivity contribution is 7.71. The molecule has 108 valence electrons. The topological polar surface area (TPSA) is 79.6 Å². The number of fused-ring (bicyclic) bond motifs is 1. The number of nitrogens with zero attached hydrogens (tertiary/aromatic N) is 1. The van der Waals surface area contributed by atoms with E-state index in [4.69, 9.17) is 18.0 Å². The fourth-order valence-corrected chi connectivity index (χ4v) is 2.81. The Kier molecular flexibility index (Phi) is 3.72. The summed E-state index contributed by atoms with van der Waals surface area (Å²) >= 11 is 5.30. The predicted octanol–water partition coefficient (Wildman–Crippen LogP) is 2.40. The number of benzene rings is 1. The van der Waals surface area contributed by atoms with E-state index in [0.29, 0.717) is 17.9 Å². The van der Waals surface area contributed by atoms with Gasteiger partial charge in [0.05, 0.1) is 5.69 Å². The van der Waals surface area contributed by atoms with Crippen molar-refractivity contribution in [3.8, 4) is 11.3 Å². The molecule has 1 aromatic carbocycles. The molecule has 4 N–H and O–H groups in total. The number of nitrogens with two attached hydrogens (primary N) is 1. The van der Waals surface area contributed by atoms with Crippen molar-refractivity contribution in [2.24, 2.45) is 5.73 Å². The van der Waals surface area contributed by atoms with Crippen LogP contribution in [-0.4, -0.2) is 21.1 Å². The van der Waals surface area contributed by atoms with Crippen molar-refractivity contribution in [2.75, 3.05) is 6.54 Å². The van der Waals surface area contributed by atoms with Gasteiger partial charge in [-0.3, -0.25) is 9.78 Å². The number of aromatic amines is 2. The smallest absolute Gasteiger partial charge is 0.252 e. The van der Waals surface area contributed by atoms with Crippen molar-refractivity contribution in [1.82, 2.24) is 14.5 Å². The van der Waals surface area contributed by atoms with Crippen LogP contribution in [0.5, 0.6) is 0 Å². The molecule has 0 aliphatic rings. The standard InChI is InChI=1S/C15H16N4OS/c16-6-2-8-19-13(9-14(20)18-15(19)21)11-3-1-4-12-10(11)5-7-17-12/h1,3-5,7,9,17H,2,6,8,16H2,(H,18,20,21). The molecule has 6 heteroatoms. The second-order valence-electron chi connectivity index (χ2n) is 4.86. The molecule has 0 aliphatic carbocycles. The Balaban J connectivity index is 2.28. The molecule has 0 radical (unpaired) electrons. The minimum Gasteiger partial charge on any atom is -0.361 e. The lowest BCUT2D eigenvalue weighted by Crippen LogP contribution is -2.16. The summed E-state index contributed by atoms with van der Waals surface area (Å²) in [7, 11) is 0. The van der Waals surface area contributed by atoms with Crippen LogP contribution in [0.4, 0.5) is 0 Å². The molecule has 0 spiro atoms. The maximum atomic E-state index is 11.8. The zero-order chi connectivity index (χ0) is 14.8. The van der Waals surface area contributed by atoms with Gasteiger partial charge in [-0.05, 0) is 37.3 Å². The number of hydrogen-bond acceptors (Lipinski definition) is 3. The van der Waals surface area contributed by atoms with Gasteiger partial charge in [0.1, 0.15) is 0 Å². The van der Waals surface area contributed by atoms with Crippen molar-refractivity contribution < 1.29 is 0 Å². The van der Waals surface area contributed by atoms with Gasteiger partial charge in [-0.2, -0.15) is 0 Å². The van der Waals surface area contributed by atoms with Crippen molar-refractivity contribution in [3.63, 3.8) is 0 Å². The molecule has 0 saturated carbocycles. The lowest BCUT2D eigenvalue weighted by atomic mass is 10.1. The maximum Gasteiger partial charge on any atom is 0.252 e. The third kappa shape index (κ3) is 2.55. The summed E-state index contributed by atoms with van der Waals surface area (Å²) in [6, 6.07) is 9.56. The van der Waals surface area contributed by atoms with Gasteiger partial charge in [0, 0.05) is 35.3 Å². The molecule has 0 aliphatic heterocycles. The summed E-state index contributed by atoms with van der Waals surface area (Å²) in [5.41, 5.74) is 8.25. The van der Waals surface area contributed by atoms with Gasteiger partial charge in [-0.25, -0.2) is 0 Å². The Labute approximate surface area is 126 Å². The van der Waals surface area contributed by atoms with Gasteiger partial charge in [0.25, 0.3) is 5.56 Å². The molecule has 0 bridgehead atoms. The number of rotatable bonds is 4. The Morgan fingerprint density at radius 2 is 2.14 bits per heavy atom. The number of hydrogen-bond donors (Lipinski definition) is 3. The summed E-state index contributed by atoms with van der Waals surface area (Å²) in [5, 5.41) is 1.07. The molecule has 0 unspecified atom stereocenters. The van der Waals surface area contributed by atoms with Gasteiger partial charge in [-0.15, -0.1) is 0 Å². The fourth-order valence-electron chi connectivity index (χ4n) is 2.52. The fraction of sp³-hybridized carbons (Fsp3) is 0.200. The predicted molar refractivity (Wildman–Crippen MR) is 86.9 cm³/mol. The molecule has 21 heavy (non-hydrogen) atoms. The van der Waals surface area contributed by atoms with Gasteiger partial charge in [0.15, 0.2) is 4.77 Å². The number of H-pyrrole nitrogens is 2. The van der Waals surface area contributed by atoms with E-state index in [1.54, 1.807) is 6.07 Å². The molecule has 0 fully saturated rings. The highest BCUT2D eigenvalue weighted by Crippen LogP contribution is 2.27. The molecule has 5 nitrogen and oxygen atoms in total. The Hall–Kier alpha value is -2.18. The largest absolute Gasteiger partial charge is 0.361 e. The van der Waals surface area contributed by atoms with Crippen LogP contribution in [0.3, 0.4) is 0 Å². The number of nitrogens with one attached hydrogen (secondary N) is 2. The quantitative estimate of drug-likeness (QED) is 0.647. The zero-order valence-electron chi connectivity index (χ0n) is 11.4. The van der Waals surface area contributed by atoms with E-state index in [0.717, 1.165) is 28.6 Å². The van der Waals surface area contributed by atoms with Gasteiger partial charge in [-0.1, -0.05) is 12.1 Å². The third-order valence-corrected chi connectivity index (χ3v) is 3.81. The van der Waals surface area contributed by atoms with Crippen LogP contribution in [0.15, 0.2) is 41.3 Å². The molecule has 3 rings (SSSR count). The minimum atomic E-state index is -0.188. The van der Waals surface area contributed by atoms with Crippen LogP contribution < -0.4 is 11.3 Å². The molecule has 0 atom stereocenters. The molecule has 2 aromatic heterocycles. The first-order chi connectivity index (χ1) is 10.2. The summed E-state index contributed by atoms with van der Waals surface area (Å²) in [5.74, 6) is 0. The van der Waals surface area contributed by atoms with Crippen LogP contribution in [-0.2, 0) is 6.54 Å². The second-order valence-corrected chi connectivity index (χ2v) is 5.25. The van der Waals surface area contributed by atoms with Crippen LogP contribution in [0.1, 0.15) is 6.42 Å². The van der Waals surface area contributed by atoms with E-state index in [9.17, 15) is 4.79 Å². The second kappa shape index (κ2) is 5.67. The lowest BCUT2D eigenvalue weighted by Gasteiger charge is -2.14. The Morgan fingerprint density at radius 1 is 1.29 bits per heavy atom. The normalized spacial score (nSPS) is 11.1. The number of aromatic nitrogens is 3. The molecule has 0 saturated heterocycles. The van der Waals surface area contributed by atoms with Gasteiger partial charge < -0.3 is 15.3 Å². The van der Waals surface area contributed by atoms with Crippen molar-refractivity contribution in [1.29, 1.82) is 0 Å². The Morgan fingerprint density at radius 3 is 2.95 bits per heavy atom. The third-order valence-electron chi connectivity index (χ3n) is 3.49. The maximum absolute atomic E-state index is 11.8. The average Bonchev–Trinajstić information content (AvgIpc) is 2.94. The van der Waals surface area contributed by atoms with E-state index in [1.807, 2.05) is 35.0 Å². The van der Waals surface area contributed by atoms with Crippen LogP contribution in [0.2, 0.25) is 0 Å². The highest BCUT2D eigenvalue weighted by Gasteiger charge is 2.10. The van der Waals surface area contributed by atoms with E-state index >= 15 is 0 Å². The molecule has 2 heterocycles. The summed E-state index contributed by atoms with van der Waals surface area (Å²) in [6.07, 6.45) is 2.69. The van der Waals surface area contributed by atoms with Gasteiger partial charge >= 0.3 is 0 Å². The summed E-state index contributed by atoms with van der Waals surface area (Å²) in [4.78, 5) is 17.7. The van der Waals surface area contributed by atoms with Crippen LogP contribution >= 0.6 is 12.2 Å². The first-order valence-corrected chi connectivity index (χ1v) is 7.22. The summed E-state index contributed by atoms with van der Waals surface area (Å²) in [6.45, 7) is 1.26. The average molecular weight is 300 g/mol. The van der Waals surface area contributed by atoms with E-state index in [-0.39, 0.29) is 5.56 Å².